The first-order valence-electron chi connectivity index (χ1n) is 7.37. The molecule has 1 spiro atoms. The van der Waals surface area contributed by atoms with Gasteiger partial charge in [0.25, 0.3) is 0 Å². The van der Waals surface area contributed by atoms with E-state index in [4.69, 9.17) is 0 Å². The minimum atomic E-state index is -0.685. The van der Waals surface area contributed by atoms with Crippen molar-refractivity contribution >= 4 is 5.78 Å². The van der Waals surface area contributed by atoms with E-state index in [1.165, 1.54) is 0 Å². The number of azo groups is 1. The van der Waals surface area contributed by atoms with Gasteiger partial charge in [-0.05, 0) is 24.0 Å². The fraction of sp³-hybridized carbons (Fsp3) is 0.278. The second-order valence-electron chi connectivity index (χ2n) is 5.80. The maximum absolute atomic E-state index is 13.1. The molecule has 0 saturated heterocycles. The van der Waals surface area contributed by atoms with E-state index in [1.807, 2.05) is 42.5 Å². The number of carbonyl (C=O) groups excluding carboxylic acids is 1. The molecule has 0 saturated carbocycles. The molecule has 0 N–H and O–H groups in total. The third-order valence-corrected chi connectivity index (χ3v) is 4.72. The third kappa shape index (κ3) is 1.77. The SMILES string of the molecule is O=C1c2ccccc2CC[C@@]12N=NC[C@H]2c1ccccc1. The number of carbonyl (C=O) groups is 1. The van der Waals surface area contributed by atoms with Crippen LogP contribution in [0, 0.1) is 0 Å². The number of aryl methyl sites for hydroxylation is 1. The number of benzene rings is 2. The highest BCUT2D eigenvalue weighted by molar-refractivity contribution is 6.06. The zero-order chi connectivity index (χ0) is 14.3. The van der Waals surface area contributed by atoms with Gasteiger partial charge in [-0.15, -0.1) is 0 Å². The van der Waals surface area contributed by atoms with Crippen LogP contribution in [-0.4, -0.2) is 17.9 Å². The summed E-state index contributed by atoms with van der Waals surface area (Å²) >= 11 is 0. The van der Waals surface area contributed by atoms with Crippen molar-refractivity contribution in [2.45, 2.75) is 24.3 Å². The van der Waals surface area contributed by atoms with Crippen molar-refractivity contribution in [3.8, 4) is 0 Å². The van der Waals surface area contributed by atoms with E-state index in [0.717, 1.165) is 29.5 Å². The lowest BCUT2D eigenvalue weighted by molar-refractivity contribution is 0.0853. The molecule has 2 aliphatic rings. The summed E-state index contributed by atoms with van der Waals surface area (Å²) in [6, 6.07) is 18.1. The van der Waals surface area contributed by atoms with E-state index in [9.17, 15) is 4.79 Å². The minimum Gasteiger partial charge on any atom is -0.291 e. The first-order valence-corrected chi connectivity index (χ1v) is 7.37. The van der Waals surface area contributed by atoms with Crippen molar-refractivity contribution in [3.63, 3.8) is 0 Å². The molecule has 1 aliphatic carbocycles. The Morgan fingerprint density at radius 2 is 1.76 bits per heavy atom. The van der Waals surface area contributed by atoms with Crippen LogP contribution in [0.25, 0.3) is 0 Å². The molecule has 0 amide bonds. The molecule has 21 heavy (non-hydrogen) atoms. The van der Waals surface area contributed by atoms with Crippen molar-refractivity contribution in [3.05, 3.63) is 71.3 Å². The molecule has 104 valence electrons. The molecule has 0 bridgehead atoms. The Balaban J connectivity index is 1.81. The van der Waals surface area contributed by atoms with Gasteiger partial charge in [0, 0.05) is 11.5 Å². The number of rotatable bonds is 1. The first kappa shape index (κ1) is 12.5. The molecule has 0 radical (unpaired) electrons. The number of nitrogens with zero attached hydrogens (tertiary/aromatic N) is 2. The molecule has 3 nitrogen and oxygen atoms in total. The van der Waals surface area contributed by atoms with Crippen molar-refractivity contribution in [1.82, 2.24) is 0 Å². The Hall–Kier alpha value is -2.29. The van der Waals surface area contributed by atoms with Crippen molar-refractivity contribution in [2.24, 2.45) is 10.2 Å². The van der Waals surface area contributed by atoms with E-state index >= 15 is 0 Å². The number of hydrogen-bond donors (Lipinski definition) is 0. The average molecular weight is 276 g/mol. The molecule has 1 heterocycles. The lowest BCUT2D eigenvalue weighted by atomic mass is 9.68. The van der Waals surface area contributed by atoms with Crippen LogP contribution in [0.5, 0.6) is 0 Å². The Morgan fingerprint density at radius 1 is 1.00 bits per heavy atom. The second kappa shape index (κ2) is 4.62. The smallest absolute Gasteiger partial charge is 0.193 e. The molecule has 2 aromatic carbocycles. The fourth-order valence-corrected chi connectivity index (χ4v) is 3.60. The van der Waals surface area contributed by atoms with Crippen LogP contribution in [0.4, 0.5) is 0 Å². The number of Topliss-reactive ketones (excluding diaryl/α,β-unsaturated/α-hetero) is 1. The first-order chi connectivity index (χ1) is 10.3. The van der Waals surface area contributed by atoms with Gasteiger partial charge in [-0.25, -0.2) is 0 Å². The summed E-state index contributed by atoms with van der Waals surface area (Å²) in [7, 11) is 0. The quantitative estimate of drug-likeness (QED) is 0.781. The summed E-state index contributed by atoms with van der Waals surface area (Å²) in [6.45, 7) is 0.609. The average Bonchev–Trinajstić information content (AvgIpc) is 2.97. The Morgan fingerprint density at radius 3 is 2.62 bits per heavy atom. The zero-order valence-electron chi connectivity index (χ0n) is 11.7. The summed E-state index contributed by atoms with van der Waals surface area (Å²) in [5.41, 5.74) is 2.44. The maximum atomic E-state index is 13.1. The highest BCUT2D eigenvalue weighted by Crippen LogP contribution is 2.45. The second-order valence-corrected chi connectivity index (χ2v) is 5.80. The van der Waals surface area contributed by atoms with Gasteiger partial charge in [0.05, 0.1) is 6.54 Å². The monoisotopic (exact) mass is 276 g/mol. The molecule has 3 heteroatoms. The summed E-state index contributed by atoms with van der Waals surface area (Å²) in [6.07, 6.45) is 1.65. The van der Waals surface area contributed by atoms with E-state index in [-0.39, 0.29) is 11.7 Å². The van der Waals surface area contributed by atoms with Gasteiger partial charge in [-0.1, -0.05) is 54.6 Å². The molecule has 2 atom stereocenters. The van der Waals surface area contributed by atoms with Crippen LogP contribution in [-0.2, 0) is 6.42 Å². The van der Waals surface area contributed by atoms with Gasteiger partial charge < -0.3 is 0 Å². The van der Waals surface area contributed by atoms with Crippen molar-refractivity contribution < 1.29 is 4.79 Å². The van der Waals surface area contributed by atoms with Crippen LogP contribution in [0.1, 0.15) is 33.8 Å². The lowest BCUT2D eigenvalue weighted by Gasteiger charge is -2.34. The van der Waals surface area contributed by atoms with E-state index in [2.05, 4.69) is 22.4 Å². The Bertz CT molecular complexity index is 723. The van der Waals surface area contributed by atoms with Gasteiger partial charge in [-0.2, -0.15) is 10.2 Å². The minimum absolute atomic E-state index is 0.0690. The molecule has 1 aliphatic heterocycles. The predicted molar refractivity (Wildman–Crippen MR) is 80.7 cm³/mol. The standard InChI is InChI=1S/C18H16N2O/c21-17-15-9-5-4-6-13(15)10-11-18(17)16(12-19-20-18)14-7-2-1-3-8-14/h1-9,16H,10-12H2/t16-,18-/m0/s1. The fourth-order valence-electron chi connectivity index (χ4n) is 3.60. The largest absolute Gasteiger partial charge is 0.291 e. The normalized spacial score (nSPS) is 27.0. The molecule has 0 aromatic heterocycles. The zero-order valence-corrected chi connectivity index (χ0v) is 11.7. The van der Waals surface area contributed by atoms with Crippen LogP contribution in [0.15, 0.2) is 64.8 Å². The number of hydrogen-bond acceptors (Lipinski definition) is 3. The lowest BCUT2D eigenvalue weighted by Crippen LogP contribution is -2.44. The van der Waals surface area contributed by atoms with Gasteiger partial charge in [0.15, 0.2) is 11.3 Å². The molecule has 4 rings (SSSR count). The number of fused-ring (bicyclic) bond motifs is 1. The summed E-state index contributed by atoms with van der Waals surface area (Å²) in [4.78, 5) is 13.1. The predicted octanol–water partition coefficient (Wildman–Crippen LogP) is 3.80. The summed E-state index contributed by atoms with van der Waals surface area (Å²) < 4.78 is 0. The van der Waals surface area contributed by atoms with Crippen LogP contribution < -0.4 is 0 Å². The van der Waals surface area contributed by atoms with E-state index in [0.29, 0.717) is 6.54 Å². The van der Waals surface area contributed by atoms with Crippen molar-refractivity contribution in [1.29, 1.82) is 0 Å². The molecule has 0 fully saturated rings. The summed E-state index contributed by atoms with van der Waals surface area (Å²) in [5, 5.41) is 8.69. The summed E-state index contributed by atoms with van der Waals surface area (Å²) in [5.74, 6) is 0.207. The van der Waals surface area contributed by atoms with Gasteiger partial charge in [0.2, 0.25) is 0 Å². The van der Waals surface area contributed by atoms with E-state index in [1.54, 1.807) is 0 Å². The Kier molecular flexibility index (Phi) is 2.74. The highest BCUT2D eigenvalue weighted by atomic mass is 16.1. The number of ketones is 1. The molecular weight excluding hydrogens is 260 g/mol. The van der Waals surface area contributed by atoms with Gasteiger partial charge >= 0.3 is 0 Å². The topological polar surface area (TPSA) is 41.8 Å². The maximum Gasteiger partial charge on any atom is 0.193 e. The van der Waals surface area contributed by atoms with E-state index < -0.39 is 5.54 Å². The van der Waals surface area contributed by atoms with Gasteiger partial charge in [0.1, 0.15) is 0 Å². The van der Waals surface area contributed by atoms with Crippen LogP contribution in [0.2, 0.25) is 0 Å². The van der Waals surface area contributed by atoms with Crippen LogP contribution >= 0.6 is 0 Å². The van der Waals surface area contributed by atoms with Crippen molar-refractivity contribution in [2.75, 3.05) is 6.54 Å². The highest BCUT2D eigenvalue weighted by Gasteiger charge is 2.51. The third-order valence-electron chi connectivity index (χ3n) is 4.72. The van der Waals surface area contributed by atoms with Crippen LogP contribution in [0.3, 0.4) is 0 Å². The molecule has 2 aromatic rings. The molecule has 0 unspecified atom stereocenters. The molecular formula is C18H16N2O. The Labute approximate surface area is 123 Å². The van der Waals surface area contributed by atoms with Gasteiger partial charge in [-0.3, -0.25) is 4.79 Å².